The first-order valence-corrected chi connectivity index (χ1v) is 11.2. The molecule has 11 heteroatoms. The monoisotopic (exact) mass is 502 g/mol. The number of anilines is 2. The van der Waals surface area contributed by atoms with Crippen molar-refractivity contribution in [1.82, 2.24) is 0 Å². The third-order valence-electron chi connectivity index (χ3n) is 4.28. The minimum Gasteiger partial charge on any atom is -0.375 e. The lowest BCUT2D eigenvalue weighted by Gasteiger charge is -2.14. The number of carbonyl (C=O) groups is 1. The van der Waals surface area contributed by atoms with Crippen LogP contribution >= 0.6 is 23.2 Å². The van der Waals surface area contributed by atoms with Crippen LogP contribution in [0.3, 0.4) is 0 Å². The molecule has 3 aromatic rings. The number of carbonyl (C=O) groups excluding carboxylic acids is 1. The van der Waals surface area contributed by atoms with E-state index in [0.29, 0.717) is 0 Å². The van der Waals surface area contributed by atoms with Crippen LogP contribution in [0.2, 0.25) is 10.0 Å². The molecule has 168 valence electrons. The molecule has 0 radical (unpaired) electrons. The minimum atomic E-state index is -4.55. The Labute approximate surface area is 192 Å². The van der Waals surface area contributed by atoms with Crippen molar-refractivity contribution in [2.24, 2.45) is 0 Å². The van der Waals surface area contributed by atoms with Crippen molar-refractivity contribution < 1.29 is 26.4 Å². The van der Waals surface area contributed by atoms with E-state index in [1.807, 2.05) is 0 Å². The van der Waals surface area contributed by atoms with Crippen LogP contribution in [0, 0.1) is 0 Å². The van der Waals surface area contributed by atoms with Gasteiger partial charge in [-0.2, -0.15) is 13.2 Å². The van der Waals surface area contributed by atoms with E-state index in [1.54, 1.807) is 18.2 Å². The van der Waals surface area contributed by atoms with Crippen LogP contribution < -0.4 is 10.6 Å². The van der Waals surface area contributed by atoms with Crippen molar-refractivity contribution in [2.75, 3.05) is 17.2 Å². The molecule has 0 aromatic heterocycles. The van der Waals surface area contributed by atoms with Crippen LogP contribution in [0.15, 0.2) is 76.5 Å². The molecule has 0 aliphatic heterocycles. The van der Waals surface area contributed by atoms with E-state index in [0.717, 1.165) is 12.1 Å². The summed E-state index contributed by atoms with van der Waals surface area (Å²) in [5, 5.41) is 4.70. The maximum Gasteiger partial charge on any atom is 0.416 e. The average Bonchev–Trinajstić information content (AvgIpc) is 2.73. The highest BCUT2D eigenvalue weighted by molar-refractivity contribution is 7.91. The third kappa shape index (κ3) is 5.35. The van der Waals surface area contributed by atoms with Gasteiger partial charge < -0.3 is 10.6 Å². The van der Waals surface area contributed by atoms with Crippen molar-refractivity contribution in [2.45, 2.75) is 16.0 Å². The molecule has 1 amide bonds. The first-order valence-electron chi connectivity index (χ1n) is 8.99. The molecule has 32 heavy (non-hydrogen) atoms. The standard InChI is InChI=1S/C21H15Cl2F3N2O3S/c22-16-9-10-17(19(23)20(16)32(30,31)15-7-2-1-3-8-15)27-12-18(29)28-14-6-4-5-13(11-14)21(24,25)26/h1-11,27H,12H2,(H,28,29). The molecular formula is C21H15Cl2F3N2O3S. The molecule has 0 spiro atoms. The van der Waals surface area contributed by atoms with Gasteiger partial charge in [-0.1, -0.05) is 47.5 Å². The van der Waals surface area contributed by atoms with Crippen LogP contribution in [-0.2, 0) is 20.8 Å². The molecule has 0 aliphatic carbocycles. The quantitative estimate of drug-likeness (QED) is 0.440. The Balaban J connectivity index is 1.78. The Morgan fingerprint density at radius 3 is 2.28 bits per heavy atom. The van der Waals surface area contributed by atoms with Gasteiger partial charge in [0, 0.05) is 5.69 Å². The molecule has 0 unspecified atom stereocenters. The number of alkyl halides is 3. The molecule has 0 bridgehead atoms. The molecule has 0 atom stereocenters. The number of amides is 1. The second-order valence-electron chi connectivity index (χ2n) is 6.53. The fourth-order valence-electron chi connectivity index (χ4n) is 2.79. The summed E-state index contributed by atoms with van der Waals surface area (Å²) in [5.74, 6) is -0.664. The summed E-state index contributed by atoms with van der Waals surface area (Å²) < 4.78 is 64.3. The van der Waals surface area contributed by atoms with Gasteiger partial charge >= 0.3 is 6.18 Å². The number of benzene rings is 3. The molecule has 2 N–H and O–H groups in total. The van der Waals surface area contributed by atoms with Crippen LogP contribution in [-0.4, -0.2) is 20.9 Å². The highest BCUT2D eigenvalue weighted by atomic mass is 35.5. The molecular weight excluding hydrogens is 488 g/mol. The molecule has 3 rings (SSSR count). The molecule has 0 fully saturated rings. The van der Waals surface area contributed by atoms with Gasteiger partial charge in [-0.15, -0.1) is 0 Å². The number of rotatable bonds is 6. The van der Waals surface area contributed by atoms with Crippen molar-refractivity contribution >= 4 is 50.3 Å². The van der Waals surface area contributed by atoms with Crippen LogP contribution in [0.25, 0.3) is 0 Å². The smallest absolute Gasteiger partial charge is 0.375 e. The second kappa shape index (κ2) is 9.40. The summed E-state index contributed by atoms with van der Waals surface area (Å²) in [6.07, 6.45) is -4.55. The van der Waals surface area contributed by atoms with E-state index >= 15 is 0 Å². The lowest BCUT2D eigenvalue weighted by Crippen LogP contribution is -2.22. The molecule has 0 saturated heterocycles. The maximum atomic E-state index is 13.0. The fourth-order valence-corrected chi connectivity index (χ4v) is 5.26. The van der Waals surface area contributed by atoms with E-state index in [1.165, 1.54) is 36.4 Å². The highest BCUT2D eigenvalue weighted by Crippen LogP contribution is 2.38. The Morgan fingerprint density at radius 2 is 1.62 bits per heavy atom. The second-order valence-corrected chi connectivity index (χ2v) is 9.21. The van der Waals surface area contributed by atoms with Gasteiger partial charge in [0.15, 0.2) is 0 Å². The van der Waals surface area contributed by atoms with E-state index in [-0.39, 0.29) is 37.8 Å². The summed E-state index contributed by atoms with van der Waals surface area (Å²) in [4.78, 5) is 11.9. The molecule has 5 nitrogen and oxygen atoms in total. The summed E-state index contributed by atoms with van der Waals surface area (Å²) in [5.41, 5.74) is -0.828. The zero-order valence-corrected chi connectivity index (χ0v) is 18.4. The third-order valence-corrected chi connectivity index (χ3v) is 7.07. The largest absolute Gasteiger partial charge is 0.416 e. The van der Waals surface area contributed by atoms with E-state index < -0.39 is 27.5 Å². The zero-order valence-electron chi connectivity index (χ0n) is 16.1. The SMILES string of the molecule is O=C(CNc1ccc(Cl)c(S(=O)(=O)c2ccccc2)c1Cl)Nc1cccc(C(F)(F)F)c1. The molecule has 0 aliphatic rings. The lowest BCUT2D eigenvalue weighted by molar-refractivity contribution is -0.137. The Bertz CT molecular complexity index is 1250. The van der Waals surface area contributed by atoms with Gasteiger partial charge in [0.25, 0.3) is 0 Å². The van der Waals surface area contributed by atoms with Crippen LogP contribution in [0.1, 0.15) is 5.56 Å². The van der Waals surface area contributed by atoms with E-state index in [4.69, 9.17) is 23.2 Å². The summed E-state index contributed by atoms with van der Waals surface area (Å²) in [6, 6.07) is 14.4. The van der Waals surface area contributed by atoms with E-state index in [9.17, 15) is 26.4 Å². The summed E-state index contributed by atoms with van der Waals surface area (Å²) in [6.45, 7) is -0.386. The van der Waals surface area contributed by atoms with Crippen LogP contribution in [0.4, 0.5) is 24.5 Å². The van der Waals surface area contributed by atoms with Gasteiger partial charge in [0.2, 0.25) is 15.7 Å². The van der Waals surface area contributed by atoms with Crippen molar-refractivity contribution in [1.29, 1.82) is 0 Å². The Kier molecular flexibility index (Phi) is 7.02. The highest BCUT2D eigenvalue weighted by Gasteiger charge is 2.30. The Morgan fingerprint density at radius 1 is 0.938 bits per heavy atom. The number of nitrogens with one attached hydrogen (secondary N) is 2. The average molecular weight is 503 g/mol. The lowest BCUT2D eigenvalue weighted by atomic mass is 10.2. The normalized spacial score (nSPS) is 11.8. The van der Waals surface area contributed by atoms with Gasteiger partial charge in [-0.25, -0.2) is 8.42 Å². The predicted molar refractivity (Wildman–Crippen MR) is 117 cm³/mol. The maximum absolute atomic E-state index is 13.0. The zero-order chi connectivity index (χ0) is 23.5. The predicted octanol–water partition coefficient (Wildman–Crippen LogP) is 5.90. The minimum absolute atomic E-state index is 0.0109. The summed E-state index contributed by atoms with van der Waals surface area (Å²) >= 11 is 12.4. The van der Waals surface area contributed by atoms with Crippen molar-refractivity contribution in [3.63, 3.8) is 0 Å². The molecule has 3 aromatic carbocycles. The fraction of sp³-hybridized carbons (Fsp3) is 0.0952. The molecule has 0 heterocycles. The Hall–Kier alpha value is -2.75. The number of sulfone groups is 1. The van der Waals surface area contributed by atoms with Gasteiger partial charge in [-0.3, -0.25) is 4.79 Å². The van der Waals surface area contributed by atoms with E-state index in [2.05, 4.69) is 10.6 Å². The van der Waals surface area contributed by atoms with Crippen LogP contribution in [0.5, 0.6) is 0 Å². The first kappa shape index (κ1) is 23.9. The molecule has 0 saturated carbocycles. The number of hydrogen-bond donors (Lipinski definition) is 2. The first-order chi connectivity index (χ1) is 15.0. The topological polar surface area (TPSA) is 75.3 Å². The number of hydrogen-bond acceptors (Lipinski definition) is 4. The van der Waals surface area contributed by atoms with Gasteiger partial charge in [0.05, 0.1) is 32.7 Å². The van der Waals surface area contributed by atoms with Gasteiger partial charge in [0.1, 0.15) is 4.90 Å². The van der Waals surface area contributed by atoms with Gasteiger partial charge in [-0.05, 0) is 42.5 Å². The van der Waals surface area contributed by atoms with Crippen molar-refractivity contribution in [3.05, 3.63) is 82.3 Å². The number of halogens is 5. The van der Waals surface area contributed by atoms with Crippen molar-refractivity contribution in [3.8, 4) is 0 Å². The summed E-state index contributed by atoms with van der Waals surface area (Å²) in [7, 11) is -4.04.